The number of methoxy groups -OCH3 is 1. The van der Waals surface area contributed by atoms with E-state index in [1.54, 1.807) is 19.2 Å². The second-order valence-electron chi connectivity index (χ2n) is 3.09. The van der Waals surface area contributed by atoms with E-state index in [9.17, 15) is 10.2 Å². The molecule has 1 aromatic carbocycles. The molecule has 3 N–H and O–H groups in total. The minimum atomic E-state index is -0.705. The van der Waals surface area contributed by atoms with Gasteiger partial charge >= 0.3 is 0 Å². The van der Waals surface area contributed by atoms with Gasteiger partial charge in [-0.25, -0.2) is 0 Å². The minimum Gasteiger partial charge on any atom is -0.503 e. The highest BCUT2D eigenvalue weighted by Gasteiger charge is 2.17. The molecule has 1 aromatic rings. The Morgan fingerprint density at radius 2 is 2.20 bits per heavy atom. The summed E-state index contributed by atoms with van der Waals surface area (Å²) in [6, 6.07) is 3.39. The number of nitrogens with one attached hydrogen (secondary N) is 1. The van der Waals surface area contributed by atoms with E-state index in [1.807, 2.05) is 0 Å². The normalized spacial score (nSPS) is 12.5. The quantitative estimate of drug-likeness (QED) is 0.778. The summed E-state index contributed by atoms with van der Waals surface area (Å²) in [5.41, 5.74) is 0.563. The Morgan fingerprint density at radius 3 is 2.73 bits per heavy atom. The lowest BCUT2D eigenvalue weighted by Gasteiger charge is -2.16. The zero-order chi connectivity index (χ0) is 11.4. The molecule has 15 heavy (non-hydrogen) atoms. The molecule has 4 nitrogen and oxygen atoms in total. The molecule has 0 bridgehead atoms. The van der Waals surface area contributed by atoms with Gasteiger partial charge in [-0.15, -0.1) is 0 Å². The number of aliphatic hydroxyl groups is 1. The third kappa shape index (κ3) is 2.62. The van der Waals surface area contributed by atoms with Crippen LogP contribution in [0.5, 0.6) is 11.5 Å². The third-order valence-corrected chi connectivity index (χ3v) is 2.71. The maximum Gasteiger partial charge on any atom is 0.172 e. The Labute approximate surface area is 97.0 Å². The van der Waals surface area contributed by atoms with Gasteiger partial charge in [0.05, 0.1) is 17.7 Å². The van der Waals surface area contributed by atoms with Crippen LogP contribution >= 0.6 is 15.9 Å². The lowest BCUT2D eigenvalue weighted by molar-refractivity contribution is 0.172. The van der Waals surface area contributed by atoms with Crippen molar-refractivity contribution < 1.29 is 14.9 Å². The molecule has 0 aliphatic heterocycles. The molecule has 0 aliphatic carbocycles. The van der Waals surface area contributed by atoms with E-state index in [-0.39, 0.29) is 5.75 Å². The molecule has 0 heterocycles. The highest BCUT2D eigenvalue weighted by Crippen LogP contribution is 2.39. The van der Waals surface area contributed by atoms with Crippen LogP contribution in [0.1, 0.15) is 11.7 Å². The number of aromatic hydroxyl groups is 1. The fourth-order valence-electron chi connectivity index (χ4n) is 1.34. The van der Waals surface area contributed by atoms with Crippen molar-refractivity contribution in [2.24, 2.45) is 0 Å². The number of halogens is 1. The minimum absolute atomic E-state index is 0.00477. The van der Waals surface area contributed by atoms with Crippen molar-refractivity contribution in [2.75, 3.05) is 20.7 Å². The molecule has 0 radical (unpaired) electrons. The second kappa shape index (κ2) is 5.34. The van der Waals surface area contributed by atoms with Crippen molar-refractivity contribution in [2.45, 2.75) is 6.10 Å². The predicted molar refractivity (Wildman–Crippen MR) is 61.2 cm³/mol. The molecule has 0 saturated carbocycles. The second-order valence-corrected chi connectivity index (χ2v) is 3.95. The van der Waals surface area contributed by atoms with Gasteiger partial charge in [-0.2, -0.15) is 0 Å². The molecule has 84 valence electrons. The standard InChI is InChI=1S/C10H14BrNO3/c1-12-5-8(13)6-3-4-7(11)9(14)10(6)15-2/h3-4,8,12-14H,5H2,1-2H3. The van der Waals surface area contributed by atoms with E-state index in [0.29, 0.717) is 22.3 Å². The van der Waals surface area contributed by atoms with Crippen molar-refractivity contribution in [1.29, 1.82) is 0 Å². The van der Waals surface area contributed by atoms with Gasteiger partial charge in [0.15, 0.2) is 11.5 Å². The summed E-state index contributed by atoms with van der Waals surface area (Å²) in [6.45, 7) is 0.400. The predicted octanol–water partition coefficient (Wildman–Crippen LogP) is 1.42. The van der Waals surface area contributed by atoms with Crippen LogP contribution < -0.4 is 10.1 Å². The van der Waals surface area contributed by atoms with E-state index >= 15 is 0 Å². The number of aliphatic hydroxyl groups excluding tert-OH is 1. The smallest absolute Gasteiger partial charge is 0.172 e. The van der Waals surface area contributed by atoms with Crippen LogP contribution in [0.2, 0.25) is 0 Å². The molecule has 5 heteroatoms. The molecule has 1 atom stereocenters. The summed E-state index contributed by atoms with van der Waals surface area (Å²) >= 11 is 3.18. The van der Waals surface area contributed by atoms with Crippen molar-refractivity contribution in [3.63, 3.8) is 0 Å². The van der Waals surface area contributed by atoms with Crippen LogP contribution in [0, 0.1) is 0 Å². The summed E-state index contributed by atoms with van der Waals surface area (Å²) in [6.07, 6.45) is -0.705. The van der Waals surface area contributed by atoms with Gasteiger partial charge in [0.25, 0.3) is 0 Å². The zero-order valence-electron chi connectivity index (χ0n) is 8.62. The number of benzene rings is 1. The summed E-state index contributed by atoms with van der Waals surface area (Å²) < 4.78 is 5.60. The van der Waals surface area contributed by atoms with Crippen molar-refractivity contribution >= 4 is 15.9 Å². The van der Waals surface area contributed by atoms with Crippen molar-refractivity contribution in [3.05, 3.63) is 22.2 Å². The average Bonchev–Trinajstić information content (AvgIpc) is 2.22. The van der Waals surface area contributed by atoms with Crippen LogP contribution in [0.15, 0.2) is 16.6 Å². The van der Waals surface area contributed by atoms with Gasteiger partial charge < -0.3 is 20.3 Å². The van der Waals surface area contributed by atoms with E-state index in [0.717, 1.165) is 0 Å². The van der Waals surface area contributed by atoms with Crippen molar-refractivity contribution in [3.8, 4) is 11.5 Å². The van der Waals surface area contributed by atoms with Gasteiger partial charge in [0.2, 0.25) is 0 Å². The molecule has 0 aliphatic rings. The Morgan fingerprint density at radius 1 is 1.53 bits per heavy atom. The first kappa shape index (κ1) is 12.3. The van der Waals surface area contributed by atoms with Crippen LogP contribution in [-0.2, 0) is 0 Å². The Bertz CT molecular complexity index is 344. The van der Waals surface area contributed by atoms with Gasteiger partial charge in [0.1, 0.15) is 0 Å². The molecule has 0 saturated heterocycles. The van der Waals surface area contributed by atoms with Crippen molar-refractivity contribution in [1.82, 2.24) is 5.32 Å². The van der Waals surface area contributed by atoms with Crippen LogP contribution in [0.3, 0.4) is 0 Å². The molecule has 1 rings (SSSR count). The highest BCUT2D eigenvalue weighted by molar-refractivity contribution is 9.10. The number of likely N-dealkylation sites (N-methyl/N-ethyl adjacent to an activating group) is 1. The summed E-state index contributed by atoms with van der Waals surface area (Å²) in [4.78, 5) is 0. The van der Waals surface area contributed by atoms with E-state index in [4.69, 9.17) is 4.74 Å². The molecular weight excluding hydrogens is 262 g/mol. The van der Waals surface area contributed by atoms with E-state index in [1.165, 1.54) is 7.11 Å². The number of ether oxygens (including phenoxy) is 1. The Hall–Kier alpha value is -0.780. The monoisotopic (exact) mass is 275 g/mol. The van der Waals surface area contributed by atoms with Crippen LogP contribution in [0.4, 0.5) is 0 Å². The molecule has 0 spiro atoms. The maximum absolute atomic E-state index is 9.78. The Kier molecular flexibility index (Phi) is 4.38. The largest absolute Gasteiger partial charge is 0.503 e. The fraction of sp³-hybridized carbons (Fsp3) is 0.400. The molecule has 0 fully saturated rings. The zero-order valence-corrected chi connectivity index (χ0v) is 10.2. The first-order valence-electron chi connectivity index (χ1n) is 4.49. The first-order chi connectivity index (χ1) is 7.11. The number of phenols is 1. The highest BCUT2D eigenvalue weighted by atomic mass is 79.9. The molecule has 0 aromatic heterocycles. The van der Waals surface area contributed by atoms with Gasteiger partial charge in [0, 0.05) is 12.1 Å². The lowest BCUT2D eigenvalue weighted by Crippen LogP contribution is -2.17. The van der Waals surface area contributed by atoms with Crippen LogP contribution in [-0.4, -0.2) is 30.9 Å². The van der Waals surface area contributed by atoms with E-state index in [2.05, 4.69) is 21.2 Å². The lowest BCUT2D eigenvalue weighted by atomic mass is 10.1. The number of hydrogen-bond acceptors (Lipinski definition) is 4. The Balaban J connectivity index is 3.12. The van der Waals surface area contributed by atoms with Gasteiger partial charge in [-0.05, 0) is 29.0 Å². The fourth-order valence-corrected chi connectivity index (χ4v) is 1.66. The van der Waals surface area contributed by atoms with Gasteiger partial charge in [-0.3, -0.25) is 0 Å². The SMILES string of the molecule is CNCC(O)c1ccc(Br)c(O)c1OC. The first-order valence-corrected chi connectivity index (χ1v) is 5.29. The molecular formula is C10H14BrNO3. The van der Waals surface area contributed by atoms with Crippen LogP contribution in [0.25, 0.3) is 0 Å². The molecule has 0 amide bonds. The summed E-state index contributed by atoms with van der Waals surface area (Å²) in [5.74, 6) is 0.303. The molecule has 1 unspecified atom stereocenters. The summed E-state index contributed by atoms with van der Waals surface area (Å²) in [7, 11) is 3.20. The number of rotatable bonds is 4. The maximum atomic E-state index is 9.78. The third-order valence-electron chi connectivity index (χ3n) is 2.07. The van der Waals surface area contributed by atoms with Gasteiger partial charge in [-0.1, -0.05) is 6.07 Å². The van der Waals surface area contributed by atoms with E-state index < -0.39 is 6.10 Å². The topological polar surface area (TPSA) is 61.7 Å². The summed E-state index contributed by atoms with van der Waals surface area (Å²) in [5, 5.41) is 22.3. The number of hydrogen-bond donors (Lipinski definition) is 3. The number of phenolic OH excluding ortho intramolecular Hbond substituents is 1. The average molecular weight is 276 g/mol.